The first kappa shape index (κ1) is 18.8. The fraction of sp³-hybridized carbons (Fsp3) is 0.471. The molecule has 2 aromatic rings. The normalized spacial score (nSPS) is 10.6. The highest BCUT2D eigenvalue weighted by molar-refractivity contribution is 5.96. The third kappa shape index (κ3) is 5.49. The average molecular weight is 322 g/mol. The van der Waals surface area contributed by atoms with E-state index in [1.54, 1.807) is 18.2 Å². The predicted molar refractivity (Wildman–Crippen MR) is 91.8 cm³/mol. The van der Waals surface area contributed by atoms with Crippen molar-refractivity contribution in [2.75, 3.05) is 14.1 Å². The van der Waals surface area contributed by atoms with Crippen molar-refractivity contribution < 1.29 is 19.4 Å². The first-order chi connectivity index (χ1) is 10.8. The molecule has 1 aromatic heterocycles. The first-order valence-corrected chi connectivity index (χ1v) is 7.60. The Hall–Kier alpha value is -2.21. The standard InChI is InChI=1S/C15H19NO4.C2H7N/c1-8(2)19-10-5-12-11(7-13(16-12)15(17)18)14(6-10)20-9(3)4;1-3-2/h5-9,16H,1-4H3,(H,17,18);3H,1-2H3. The number of hydrogen-bond acceptors (Lipinski definition) is 4. The molecule has 0 atom stereocenters. The Morgan fingerprint density at radius 2 is 1.65 bits per heavy atom. The molecule has 0 fully saturated rings. The summed E-state index contributed by atoms with van der Waals surface area (Å²) in [5.74, 6) is 0.280. The summed E-state index contributed by atoms with van der Waals surface area (Å²) in [5.41, 5.74) is 0.825. The Morgan fingerprint density at radius 3 is 2.13 bits per heavy atom. The number of benzene rings is 1. The maximum Gasteiger partial charge on any atom is 0.352 e. The van der Waals surface area contributed by atoms with Crippen LogP contribution >= 0.6 is 0 Å². The molecule has 1 aromatic carbocycles. The van der Waals surface area contributed by atoms with Crippen molar-refractivity contribution in [2.24, 2.45) is 0 Å². The number of carbonyl (C=O) groups is 1. The predicted octanol–water partition coefficient (Wildman–Crippen LogP) is 3.28. The Morgan fingerprint density at radius 1 is 1.09 bits per heavy atom. The van der Waals surface area contributed by atoms with E-state index in [4.69, 9.17) is 14.6 Å². The molecule has 3 N–H and O–H groups in total. The number of carboxylic acid groups (broad SMARTS) is 1. The van der Waals surface area contributed by atoms with E-state index < -0.39 is 5.97 Å². The molecule has 0 aliphatic carbocycles. The molecule has 1 heterocycles. The summed E-state index contributed by atoms with van der Waals surface area (Å²) in [5, 5.41) is 12.6. The van der Waals surface area contributed by atoms with E-state index in [0.29, 0.717) is 17.0 Å². The Labute approximate surface area is 136 Å². The second kappa shape index (κ2) is 8.43. The number of rotatable bonds is 5. The second-order valence-corrected chi connectivity index (χ2v) is 5.70. The number of aromatic amines is 1. The largest absolute Gasteiger partial charge is 0.491 e. The lowest BCUT2D eigenvalue weighted by atomic mass is 10.2. The van der Waals surface area contributed by atoms with Gasteiger partial charge in [0, 0.05) is 17.5 Å². The van der Waals surface area contributed by atoms with Crippen molar-refractivity contribution >= 4 is 16.9 Å². The molecular weight excluding hydrogens is 296 g/mol. The number of ether oxygens (including phenoxy) is 2. The Kier molecular flexibility index (Phi) is 6.90. The van der Waals surface area contributed by atoms with Gasteiger partial charge in [-0.3, -0.25) is 0 Å². The van der Waals surface area contributed by atoms with Gasteiger partial charge in [0.2, 0.25) is 0 Å². The molecule has 0 saturated carbocycles. The van der Waals surface area contributed by atoms with E-state index in [9.17, 15) is 4.79 Å². The summed E-state index contributed by atoms with van der Waals surface area (Å²) >= 11 is 0. The number of hydrogen-bond donors (Lipinski definition) is 3. The minimum Gasteiger partial charge on any atom is -0.491 e. The van der Waals surface area contributed by atoms with Crippen molar-refractivity contribution in [2.45, 2.75) is 39.9 Å². The van der Waals surface area contributed by atoms with Crippen LogP contribution in [0.3, 0.4) is 0 Å². The van der Waals surface area contributed by atoms with E-state index in [1.165, 1.54) is 0 Å². The maximum absolute atomic E-state index is 11.1. The van der Waals surface area contributed by atoms with Gasteiger partial charge in [0.25, 0.3) is 0 Å². The zero-order valence-corrected chi connectivity index (χ0v) is 14.6. The monoisotopic (exact) mass is 322 g/mol. The van der Waals surface area contributed by atoms with Crippen LogP contribution in [0.2, 0.25) is 0 Å². The molecule has 128 valence electrons. The van der Waals surface area contributed by atoms with Gasteiger partial charge in [-0.15, -0.1) is 0 Å². The fourth-order valence-electron chi connectivity index (χ4n) is 1.99. The van der Waals surface area contributed by atoms with Crippen LogP contribution in [0, 0.1) is 0 Å². The van der Waals surface area contributed by atoms with Gasteiger partial charge in [0.05, 0.1) is 17.7 Å². The van der Waals surface area contributed by atoms with Crippen molar-refractivity contribution in [1.82, 2.24) is 10.3 Å². The number of carboxylic acids is 1. The number of H-pyrrole nitrogens is 1. The van der Waals surface area contributed by atoms with Gasteiger partial charge in [0.1, 0.15) is 17.2 Å². The van der Waals surface area contributed by atoms with Gasteiger partial charge >= 0.3 is 5.97 Å². The fourth-order valence-corrected chi connectivity index (χ4v) is 1.99. The summed E-state index contributed by atoms with van der Waals surface area (Å²) < 4.78 is 11.4. The molecule has 0 aliphatic heterocycles. The first-order valence-electron chi connectivity index (χ1n) is 7.60. The molecule has 0 radical (unpaired) electrons. The van der Waals surface area contributed by atoms with Crippen LogP contribution in [0.15, 0.2) is 18.2 Å². The minimum absolute atomic E-state index is 0.00400. The van der Waals surface area contributed by atoms with Gasteiger partial charge in [-0.25, -0.2) is 4.79 Å². The summed E-state index contributed by atoms with van der Waals surface area (Å²) in [6, 6.07) is 5.16. The Bertz CT molecular complexity index is 647. The van der Waals surface area contributed by atoms with Crippen LogP contribution in [0.25, 0.3) is 10.9 Å². The van der Waals surface area contributed by atoms with Crippen LogP contribution in [-0.2, 0) is 0 Å². The highest BCUT2D eigenvalue weighted by Crippen LogP contribution is 2.33. The average Bonchev–Trinajstić information content (AvgIpc) is 2.82. The summed E-state index contributed by atoms with van der Waals surface area (Å²) in [7, 11) is 3.75. The van der Waals surface area contributed by atoms with Crippen molar-refractivity contribution in [3.63, 3.8) is 0 Å². The van der Waals surface area contributed by atoms with E-state index in [-0.39, 0.29) is 17.9 Å². The highest BCUT2D eigenvalue weighted by Gasteiger charge is 2.14. The van der Waals surface area contributed by atoms with Crippen LogP contribution in [0.5, 0.6) is 11.5 Å². The van der Waals surface area contributed by atoms with Crippen molar-refractivity contribution in [1.29, 1.82) is 0 Å². The van der Waals surface area contributed by atoms with E-state index in [0.717, 1.165) is 5.39 Å². The lowest BCUT2D eigenvalue weighted by Crippen LogP contribution is -2.08. The zero-order valence-electron chi connectivity index (χ0n) is 14.6. The molecule has 0 amide bonds. The van der Waals surface area contributed by atoms with Crippen LogP contribution < -0.4 is 14.8 Å². The van der Waals surface area contributed by atoms with E-state index in [1.807, 2.05) is 41.8 Å². The molecule has 6 heteroatoms. The molecule has 2 rings (SSSR count). The van der Waals surface area contributed by atoms with Gasteiger partial charge < -0.3 is 24.9 Å². The maximum atomic E-state index is 11.1. The molecule has 23 heavy (non-hydrogen) atoms. The van der Waals surface area contributed by atoms with Gasteiger partial charge in [0.15, 0.2) is 0 Å². The second-order valence-electron chi connectivity index (χ2n) is 5.70. The topological polar surface area (TPSA) is 83.6 Å². The third-order valence-electron chi connectivity index (χ3n) is 2.64. The molecule has 0 unspecified atom stereocenters. The quantitative estimate of drug-likeness (QED) is 0.787. The number of fused-ring (bicyclic) bond motifs is 1. The Balaban J connectivity index is 0.000000816. The van der Waals surface area contributed by atoms with Crippen LogP contribution in [-0.4, -0.2) is 42.4 Å². The van der Waals surface area contributed by atoms with Gasteiger partial charge in [-0.1, -0.05) is 0 Å². The van der Waals surface area contributed by atoms with Crippen molar-refractivity contribution in [3.05, 3.63) is 23.9 Å². The van der Waals surface area contributed by atoms with Crippen molar-refractivity contribution in [3.8, 4) is 11.5 Å². The summed E-state index contributed by atoms with van der Waals surface area (Å²) in [4.78, 5) is 13.9. The third-order valence-corrected chi connectivity index (χ3v) is 2.64. The van der Waals surface area contributed by atoms with E-state index in [2.05, 4.69) is 10.3 Å². The number of aromatic carboxylic acids is 1. The molecular formula is C17H26N2O4. The lowest BCUT2D eigenvalue weighted by Gasteiger charge is -2.14. The summed E-state index contributed by atoms with van der Waals surface area (Å²) in [6.07, 6.45) is 0.0314. The number of nitrogens with one attached hydrogen (secondary N) is 2. The molecule has 0 aliphatic rings. The summed E-state index contributed by atoms with van der Waals surface area (Å²) in [6.45, 7) is 7.72. The SMILES string of the molecule is CC(C)Oc1cc(OC(C)C)c2cc(C(=O)O)[nH]c2c1.CNC. The molecule has 0 spiro atoms. The lowest BCUT2D eigenvalue weighted by molar-refractivity contribution is 0.0691. The molecule has 6 nitrogen and oxygen atoms in total. The van der Waals surface area contributed by atoms with E-state index >= 15 is 0 Å². The molecule has 0 bridgehead atoms. The van der Waals surface area contributed by atoms with Crippen LogP contribution in [0.4, 0.5) is 0 Å². The van der Waals surface area contributed by atoms with Gasteiger partial charge in [-0.05, 0) is 47.9 Å². The van der Waals surface area contributed by atoms with Crippen LogP contribution in [0.1, 0.15) is 38.2 Å². The molecule has 0 saturated heterocycles. The minimum atomic E-state index is -0.997. The smallest absolute Gasteiger partial charge is 0.352 e. The number of aromatic nitrogens is 1. The van der Waals surface area contributed by atoms with Gasteiger partial charge in [-0.2, -0.15) is 0 Å². The zero-order chi connectivity index (χ0) is 17.6. The highest BCUT2D eigenvalue weighted by atomic mass is 16.5.